The van der Waals surface area contributed by atoms with E-state index in [0.717, 1.165) is 11.1 Å². The van der Waals surface area contributed by atoms with Gasteiger partial charge in [0.15, 0.2) is 0 Å². The molecule has 0 fully saturated rings. The normalized spacial score (nSPS) is 11.9. The van der Waals surface area contributed by atoms with Crippen molar-refractivity contribution in [3.05, 3.63) is 21.9 Å². The van der Waals surface area contributed by atoms with Crippen molar-refractivity contribution >= 4 is 23.3 Å². The van der Waals surface area contributed by atoms with Crippen molar-refractivity contribution in [2.45, 2.75) is 26.4 Å². The molecule has 0 spiro atoms. The van der Waals surface area contributed by atoms with Crippen LogP contribution in [0.15, 0.2) is 10.8 Å². The van der Waals surface area contributed by atoms with Gasteiger partial charge in [0.25, 0.3) is 0 Å². The summed E-state index contributed by atoms with van der Waals surface area (Å²) in [6.07, 6.45) is 0. The van der Waals surface area contributed by atoms with Crippen LogP contribution in [0.5, 0.6) is 0 Å². The monoisotopic (exact) mass is 242 g/mol. The smallest absolute Gasteiger partial charge is 0.325 e. The molecule has 3 N–H and O–H groups in total. The van der Waals surface area contributed by atoms with E-state index < -0.39 is 18.0 Å². The quantitative estimate of drug-likeness (QED) is 0.745. The van der Waals surface area contributed by atoms with Crippen molar-refractivity contribution in [3.8, 4) is 0 Å². The summed E-state index contributed by atoms with van der Waals surface area (Å²) < 4.78 is 0. The fraction of sp³-hybridized carbons (Fsp3) is 0.400. The molecule has 88 valence electrons. The molecule has 5 nitrogen and oxygen atoms in total. The van der Waals surface area contributed by atoms with Crippen molar-refractivity contribution < 1.29 is 14.7 Å². The average Bonchev–Trinajstić information content (AvgIpc) is 2.61. The van der Waals surface area contributed by atoms with Crippen LogP contribution in [0.1, 0.15) is 18.1 Å². The fourth-order valence-corrected chi connectivity index (χ4v) is 1.91. The number of carbonyl (C=O) groups is 2. The van der Waals surface area contributed by atoms with E-state index in [4.69, 9.17) is 5.11 Å². The summed E-state index contributed by atoms with van der Waals surface area (Å²) in [5.74, 6) is -1.05. The number of carbonyl (C=O) groups excluding carboxylic acids is 1. The molecule has 0 aliphatic rings. The van der Waals surface area contributed by atoms with E-state index in [1.165, 1.54) is 6.92 Å². The Labute approximate surface area is 97.5 Å². The second-order valence-corrected chi connectivity index (χ2v) is 4.21. The molecule has 0 saturated heterocycles. The number of thiophene rings is 1. The Hall–Kier alpha value is -1.56. The molecule has 2 amide bonds. The van der Waals surface area contributed by atoms with Crippen LogP contribution in [0.3, 0.4) is 0 Å². The lowest BCUT2D eigenvalue weighted by molar-refractivity contribution is -0.138. The van der Waals surface area contributed by atoms with Crippen LogP contribution in [0.4, 0.5) is 4.79 Å². The van der Waals surface area contributed by atoms with Gasteiger partial charge in [0, 0.05) is 6.54 Å². The Morgan fingerprint density at radius 1 is 1.50 bits per heavy atom. The third-order valence-corrected chi connectivity index (χ3v) is 3.03. The zero-order valence-electron chi connectivity index (χ0n) is 9.11. The second kappa shape index (κ2) is 5.50. The highest BCUT2D eigenvalue weighted by atomic mass is 32.1. The summed E-state index contributed by atoms with van der Waals surface area (Å²) in [6.45, 7) is 3.79. The van der Waals surface area contributed by atoms with Gasteiger partial charge in [-0.2, -0.15) is 11.3 Å². The maximum absolute atomic E-state index is 11.3. The first kappa shape index (κ1) is 12.5. The number of aryl methyl sites for hydroxylation is 1. The van der Waals surface area contributed by atoms with E-state index in [-0.39, 0.29) is 0 Å². The summed E-state index contributed by atoms with van der Waals surface area (Å²) in [7, 11) is 0. The predicted octanol–water partition coefficient (Wildman–Crippen LogP) is 1.33. The molecule has 1 rings (SSSR count). The number of rotatable bonds is 4. The van der Waals surface area contributed by atoms with Crippen molar-refractivity contribution in [1.82, 2.24) is 10.6 Å². The van der Waals surface area contributed by atoms with Gasteiger partial charge in [-0.1, -0.05) is 0 Å². The number of amides is 2. The molecule has 16 heavy (non-hydrogen) atoms. The number of hydrogen-bond donors (Lipinski definition) is 3. The lowest BCUT2D eigenvalue weighted by atomic mass is 10.2. The molecular formula is C10H14N2O3S. The van der Waals surface area contributed by atoms with Gasteiger partial charge in [-0.15, -0.1) is 0 Å². The van der Waals surface area contributed by atoms with E-state index in [1.54, 1.807) is 11.3 Å². The standard InChI is InChI=1S/C10H14N2O3S/c1-6-4-16-5-8(6)3-11-10(15)12-7(2)9(13)14/h4-5,7H,3H2,1-2H3,(H,13,14)(H2,11,12,15). The van der Waals surface area contributed by atoms with E-state index in [1.807, 2.05) is 17.7 Å². The Balaban J connectivity index is 2.36. The van der Waals surface area contributed by atoms with Gasteiger partial charge in [-0.25, -0.2) is 4.79 Å². The maximum atomic E-state index is 11.3. The molecule has 0 aliphatic heterocycles. The van der Waals surface area contributed by atoms with Crippen LogP contribution in [0.25, 0.3) is 0 Å². The molecule has 1 atom stereocenters. The molecule has 0 bridgehead atoms. The molecule has 0 aromatic carbocycles. The molecule has 0 aliphatic carbocycles. The van der Waals surface area contributed by atoms with Gasteiger partial charge in [-0.05, 0) is 35.7 Å². The van der Waals surface area contributed by atoms with Crippen molar-refractivity contribution in [2.24, 2.45) is 0 Å². The average molecular weight is 242 g/mol. The van der Waals surface area contributed by atoms with Crippen LogP contribution in [-0.2, 0) is 11.3 Å². The molecule has 6 heteroatoms. The van der Waals surface area contributed by atoms with Crippen LogP contribution < -0.4 is 10.6 Å². The minimum atomic E-state index is -1.05. The molecule has 1 unspecified atom stereocenters. The molecule has 1 heterocycles. The van der Waals surface area contributed by atoms with E-state index in [2.05, 4.69) is 10.6 Å². The largest absolute Gasteiger partial charge is 0.480 e. The minimum absolute atomic E-state index is 0.410. The Bertz CT molecular complexity index is 389. The van der Waals surface area contributed by atoms with Crippen LogP contribution >= 0.6 is 11.3 Å². The predicted molar refractivity (Wildman–Crippen MR) is 61.5 cm³/mol. The zero-order valence-corrected chi connectivity index (χ0v) is 9.93. The van der Waals surface area contributed by atoms with Gasteiger partial charge in [-0.3, -0.25) is 4.79 Å². The van der Waals surface area contributed by atoms with Gasteiger partial charge < -0.3 is 15.7 Å². The SMILES string of the molecule is Cc1cscc1CNC(=O)NC(C)C(=O)O. The number of carboxylic acids is 1. The zero-order chi connectivity index (χ0) is 12.1. The van der Waals surface area contributed by atoms with Crippen LogP contribution in [0, 0.1) is 6.92 Å². The van der Waals surface area contributed by atoms with Gasteiger partial charge in [0.1, 0.15) is 6.04 Å². The first-order valence-corrected chi connectivity index (χ1v) is 5.74. The minimum Gasteiger partial charge on any atom is -0.480 e. The first-order chi connectivity index (χ1) is 7.50. The summed E-state index contributed by atoms with van der Waals surface area (Å²) in [6, 6.07) is -1.36. The molecule has 1 aromatic rings. The summed E-state index contributed by atoms with van der Waals surface area (Å²) in [5, 5.41) is 17.5. The van der Waals surface area contributed by atoms with Crippen molar-refractivity contribution in [1.29, 1.82) is 0 Å². The number of nitrogens with one attached hydrogen (secondary N) is 2. The Morgan fingerprint density at radius 3 is 2.69 bits per heavy atom. The Morgan fingerprint density at radius 2 is 2.19 bits per heavy atom. The summed E-state index contributed by atoms with van der Waals surface area (Å²) in [4.78, 5) is 21.8. The number of carboxylic acid groups (broad SMARTS) is 1. The highest BCUT2D eigenvalue weighted by Crippen LogP contribution is 2.12. The maximum Gasteiger partial charge on any atom is 0.325 e. The molecule has 1 aromatic heterocycles. The van der Waals surface area contributed by atoms with Crippen LogP contribution in [-0.4, -0.2) is 23.1 Å². The lowest BCUT2D eigenvalue weighted by Crippen LogP contribution is -2.44. The summed E-state index contributed by atoms with van der Waals surface area (Å²) >= 11 is 1.57. The van der Waals surface area contributed by atoms with Crippen molar-refractivity contribution in [3.63, 3.8) is 0 Å². The number of hydrogen-bond acceptors (Lipinski definition) is 3. The van der Waals surface area contributed by atoms with E-state index in [0.29, 0.717) is 6.54 Å². The van der Waals surface area contributed by atoms with Gasteiger partial charge in [0.05, 0.1) is 0 Å². The van der Waals surface area contributed by atoms with Gasteiger partial charge in [0.2, 0.25) is 0 Å². The lowest BCUT2D eigenvalue weighted by Gasteiger charge is -2.10. The van der Waals surface area contributed by atoms with E-state index in [9.17, 15) is 9.59 Å². The molecule has 0 saturated carbocycles. The Kier molecular flexibility index (Phi) is 4.30. The highest BCUT2D eigenvalue weighted by molar-refractivity contribution is 7.08. The van der Waals surface area contributed by atoms with Crippen LogP contribution in [0.2, 0.25) is 0 Å². The van der Waals surface area contributed by atoms with E-state index >= 15 is 0 Å². The fourth-order valence-electron chi connectivity index (χ4n) is 1.05. The third kappa shape index (κ3) is 3.54. The van der Waals surface area contributed by atoms with Crippen molar-refractivity contribution in [2.75, 3.05) is 0 Å². The first-order valence-electron chi connectivity index (χ1n) is 4.79. The van der Waals surface area contributed by atoms with Gasteiger partial charge >= 0.3 is 12.0 Å². The molecular weight excluding hydrogens is 228 g/mol. The second-order valence-electron chi connectivity index (χ2n) is 3.47. The number of urea groups is 1. The third-order valence-electron chi connectivity index (χ3n) is 2.12. The highest BCUT2D eigenvalue weighted by Gasteiger charge is 2.13. The molecule has 0 radical (unpaired) electrons. The summed E-state index contributed by atoms with van der Waals surface area (Å²) in [5.41, 5.74) is 2.17. The topological polar surface area (TPSA) is 78.4 Å². The number of aliphatic carboxylic acids is 1.